The number of nitrogens with one attached hydrogen (secondary N) is 1. The first-order valence-electron chi connectivity index (χ1n) is 13.1. The topological polar surface area (TPSA) is 85.7 Å². The van der Waals surface area contributed by atoms with Crippen molar-refractivity contribution in [2.45, 2.75) is 58.1 Å². The van der Waals surface area contributed by atoms with Crippen molar-refractivity contribution in [2.75, 3.05) is 19.0 Å². The summed E-state index contributed by atoms with van der Waals surface area (Å²) in [6, 6.07) is 20.0. The van der Waals surface area contributed by atoms with Crippen molar-refractivity contribution in [1.29, 1.82) is 0 Å². The number of hydrogen-bond donors (Lipinski definition) is 3. The van der Waals surface area contributed by atoms with Crippen LogP contribution in [-0.4, -0.2) is 45.8 Å². The number of carbonyl (C=O) groups excluding carboxylic acids is 1. The lowest BCUT2D eigenvalue weighted by atomic mass is 9.47. The molecule has 196 valence electrons. The number of nitrogens with zero attached hydrogens (tertiary/aromatic N) is 2. The lowest BCUT2D eigenvalue weighted by molar-refractivity contribution is -0.147. The fraction of sp³-hybridized carbons (Fsp3) is 0.467. The Morgan fingerprint density at radius 1 is 1.14 bits per heavy atom. The summed E-state index contributed by atoms with van der Waals surface area (Å²) in [5.41, 5.74) is 2.19. The summed E-state index contributed by atoms with van der Waals surface area (Å²) in [6.45, 7) is 4.74. The summed E-state index contributed by atoms with van der Waals surface area (Å²) in [5.74, 6) is 0.0421. The first-order valence-corrected chi connectivity index (χ1v) is 13.9. The van der Waals surface area contributed by atoms with Crippen LogP contribution in [0.15, 0.2) is 60.7 Å². The van der Waals surface area contributed by atoms with Gasteiger partial charge < -0.3 is 20.4 Å². The van der Waals surface area contributed by atoms with E-state index in [1.165, 1.54) is 0 Å². The molecule has 1 heterocycles. The van der Waals surface area contributed by atoms with E-state index in [1.807, 2.05) is 74.6 Å². The van der Waals surface area contributed by atoms with Crippen LogP contribution in [0, 0.1) is 16.7 Å². The van der Waals surface area contributed by atoms with Crippen LogP contribution in [0.2, 0.25) is 0 Å². The van der Waals surface area contributed by atoms with Crippen molar-refractivity contribution in [2.24, 2.45) is 16.7 Å². The molecule has 2 aliphatic rings. The number of aromatic nitrogens is 1. The number of aliphatic hydroxyl groups excluding tert-OH is 2. The van der Waals surface area contributed by atoms with Crippen molar-refractivity contribution in [3.05, 3.63) is 76.8 Å². The largest absolute Gasteiger partial charge is 0.396 e. The molecular formula is C30H37N3O3S. The normalized spacial score (nSPS) is 28.7. The lowest BCUT2D eigenvalue weighted by Gasteiger charge is -2.58. The quantitative estimate of drug-likeness (QED) is 0.392. The van der Waals surface area contributed by atoms with Crippen LogP contribution < -0.4 is 5.32 Å². The maximum absolute atomic E-state index is 13.6. The van der Waals surface area contributed by atoms with Gasteiger partial charge in [0.05, 0.1) is 18.4 Å². The average molecular weight is 520 g/mol. The highest BCUT2D eigenvalue weighted by Crippen LogP contribution is 2.63. The van der Waals surface area contributed by atoms with Gasteiger partial charge in [0.1, 0.15) is 0 Å². The second-order valence-electron chi connectivity index (χ2n) is 11.3. The summed E-state index contributed by atoms with van der Waals surface area (Å²) >= 11 is 1.63. The number of para-hydroxylation sites is 1. The summed E-state index contributed by atoms with van der Waals surface area (Å²) in [6.07, 6.45) is 1.95. The predicted molar refractivity (Wildman–Crippen MR) is 148 cm³/mol. The molecule has 1 saturated carbocycles. The van der Waals surface area contributed by atoms with Crippen LogP contribution in [0.5, 0.6) is 0 Å². The van der Waals surface area contributed by atoms with E-state index in [2.05, 4.69) is 12.2 Å². The molecule has 6 nitrogen and oxygen atoms in total. The molecule has 5 atom stereocenters. The van der Waals surface area contributed by atoms with Crippen molar-refractivity contribution < 1.29 is 15.0 Å². The van der Waals surface area contributed by atoms with E-state index < -0.39 is 11.5 Å². The zero-order valence-corrected chi connectivity index (χ0v) is 22.7. The van der Waals surface area contributed by atoms with Gasteiger partial charge in [0, 0.05) is 41.9 Å². The molecule has 0 spiro atoms. The van der Waals surface area contributed by atoms with E-state index in [-0.39, 0.29) is 29.8 Å². The number of rotatable bonds is 7. The van der Waals surface area contributed by atoms with Crippen LogP contribution in [0.1, 0.15) is 55.2 Å². The van der Waals surface area contributed by atoms with Crippen LogP contribution in [0.4, 0.5) is 10.8 Å². The SMILES string of the molecule is CN(Cc1ccccc1)C(=O)CC1c2nc(Nc3ccccc3)sc2CC2C(C)(CO)C(O)CCC12C. The molecule has 1 aromatic heterocycles. The van der Waals surface area contributed by atoms with Gasteiger partial charge in [-0.25, -0.2) is 4.98 Å². The standard InChI is InChI=1S/C30H37N3O3S/c1-29-15-14-25(35)30(2,19-34)24(29)17-23-27(32-28(37-23)31-21-12-8-5-9-13-21)22(29)16-26(36)33(3)18-20-10-6-4-7-11-20/h4-13,22,24-25,34-35H,14-19H2,1-3H3,(H,31,32). The Balaban J connectivity index is 1.49. The molecule has 0 bridgehead atoms. The third-order valence-corrected chi connectivity index (χ3v) is 9.99. The maximum atomic E-state index is 13.6. The number of amides is 1. The number of thiazole rings is 1. The summed E-state index contributed by atoms with van der Waals surface area (Å²) in [5, 5.41) is 25.7. The van der Waals surface area contributed by atoms with Gasteiger partial charge in [-0.15, -0.1) is 11.3 Å². The first-order chi connectivity index (χ1) is 17.7. The van der Waals surface area contributed by atoms with E-state index in [0.717, 1.165) is 39.8 Å². The van der Waals surface area contributed by atoms with E-state index in [1.54, 1.807) is 16.2 Å². The van der Waals surface area contributed by atoms with Crippen molar-refractivity contribution >= 4 is 28.1 Å². The van der Waals surface area contributed by atoms with Gasteiger partial charge in [0.2, 0.25) is 5.91 Å². The summed E-state index contributed by atoms with van der Waals surface area (Å²) in [4.78, 5) is 21.6. The van der Waals surface area contributed by atoms with Crippen LogP contribution in [-0.2, 0) is 17.8 Å². The van der Waals surface area contributed by atoms with Crippen LogP contribution in [0.3, 0.4) is 0 Å². The van der Waals surface area contributed by atoms with Gasteiger partial charge in [-0.2, -0.15) is 0 Å². The van der Waals surface area contributed by atoms with Crippen molar-refractivity contribution in [3.63, 3.8) is 0 Å². The molecule has 5 unspecified atom stereocenters. The second-order valence-corrected chi connectivity index (χ2v) is 12.4. The van der Waals surface area contributed by atoms with Gasteiger partial charge in [-0.1, -0.05) is 62.4 Å². The Hall–Kier alpha value is -2.74. The monoisotopic (exact) mass is 519 g/mol. The predicted octanol–water partition coefficient (Wildman–Crippen LogP) is 5.35. The number of carbonyl (C=O) groups is 1. The van der Waals surface area contributed by atoms with E-state index in [0.29, 0.717) is 19.4 Å². The fourth-order valence-electron chi connectivity index (χ4n) is 6.62. The molecule has 2 aliphatic carbocycles. The molecule has 7 heteroatoms. The van der Waals surface area contributed by atoms with Crippen LogP contribution in [0.25, 0.3) is 0 Å². The third kappa shape index (κ3) is 4.80. The van der Waals surface area contributed by atoms with Gasteiger partial charge in [0.15, 0.2) is 5.13 Å². The van der Waals surface area contributed by atoms with Crippen molar-refractivity contribution in [1.82, 2.24) is 9.88 Å². The zero-order valence-electron chi connectivity index (χ0n) is 21.9. The Morgan fingerprint density at radius 2 is 1.81 bits per heavy atom. The average Bonchev–Trinajstić information content (AvgIpc) is 3.30. The minimum atomic E-state index is -0.626. The van der Waals surface area contributed by atoms with E-state index >= 15 is 0 Å². The minimum Gasteiger partial charge on any atom is -0.396 e. The third-order valence-electron chi connectivity index (χ3n) is 8.99. The molecule has 0 radical (unpaired) electrons. The highest BCUT2D eigenvalue weighted by atomic mass is 32.1. The number of anilines is 2. The molecule has 1 fully saturated rings. The fourth-order valence-corrected chi connectivity index (χ4v) is 7.71. The molecule has 0 aliphatic heterocycles. The number of benzene rings is 2. The number of fused-ring (bicyclic) bond motifs is 2. The maximum Gasteiger partial charge on any atom is 0.223 e. The van der Waals surface area contributed by atoms with Gasteiger partial charge in [-0.3, -0.25) is 4.79 Å². The first kappa shape index (κ1) is 25.9. The molecule has 5 rings (SSSR count). The minimum absolute atomic E-state index is 0.0449. The lowest BCUT2D eigenvalue weighted by Crippen LogP contribution is -2.57. The van der Waals surface area contributed by atoms with Crippen LogP contribution >= 0.6 is 11.3 Å². The molecular weight excluding hydrogens is 482 g/mol. The zero-order chi connectivity index (χ0) is 26.2. The highest BCUT2D eigenvalue weighted by molar-refractivity contribution is 7.15. The highest BCUT2D eigenvalue weighted by Gasteiger charge is 2.59. The Bertz CT molecular complexity index is 1230. The number of hydrogen-bond acceptors (Lipinski definition) is 6. The Morgan fingerprint density at radius 3 is 2.49 bits per heavy atom. The molecule has 3 aromatic rings. The molecule has 0 saturated heterocycles. The summed E-state index contributed by atoms with van der Waals surface area (Å²) in [7, 11) is 1.87. The van der Waals surface area contributed by atoms with E-state index in [4.69, 9.17) is 4.98 Å². The molecule has 37 heavy (non-hydrogen) atoms. The van der Waals surface area contributed by atoms with Gasteiger partial charge >= 0.3 is 0 Å². The molecule has 2 aromatic carbocycles. The molecule has 1 amide bonds. The summed E-state index contributed by atoms with van der Waals surface area (Å²) < 4.78 is 0. The number of aliphatic hydroxyl groups is 2. The Labute approximate surface area is 223 Å². The molecule has 3 N–H and O–H groups in total. The van der Waals surface area contributed by atoms with E-state index in [9.17, 15) is 15.0 Å². The van der Waals surface area contributed by atoms with Crippen molar-refractivity contribution in [3.8, 4) is 0 Å². The smallest absolute Gasteiger partial charge is 0.223 e. The van der Waals surface area contributed by atoms with Gasteiger partial charge in [0.25, 0.3) is 0 Å². The second kappa shape index (κ2) is 10.2. The van der Waals surface area contributed by atoms with Gasteiger partial charge in [-0.05, 0) is 48.3 Å². The Kier molecular flexibility index (Phi) is 7.14.